The van der Waals surface area contributed by atoms with Crippen molar-refractivity contribution in [1.82, 2.24) is 19.7 Å². The number of carbonyl (C=O) groups is 1. The summed E-state index contributed by atoms with van der Waals surface area (Å²) in [5.74, 6) is 1.23. The summed E-state index contributed by atoms with van der Waals surface area (Å²) < 4.78 is 21.5. The van der Waals surface area contributed by atoms with Crippen LogP contribution in [0.5, 0.6) is 5.75 Å². The highest BCUT2D eigenvalue weighted by Crippen LogP contribution is 2.33. The number of fused-ring (bicyclic) bond motifs is 1. The highest BCUT2D eigenvalue weighted by molar-refractivity contribution is 5.94. The summed E-state index contributed by atoms with van der Waals surface area (Å²) >= 11 is 0. The fraction of sp³-hybridized carbons (Fsp3) is 0.182. The molecule has 8 heteroatoms. The number of benzene rings is 1. The van der Waals surface area contributed by atoms with E-state index in [1.54, 1.807) is 40.2 Å². The van der Waals surface area contributed by atoms with E-state index in [4.69, 9.17) is 4.74 Å². The quantitative estimate of drug-likeness (QED) is 0.519. The second-order valence-corrected chi connectivity index (χ2v) is 7.00. The number of methoxy groups -OCH3 is 1. The molecule has 1 amide bonds. The zero-order valence-electron chi connectivity index (χ0n) is 16.2. The smallest absolute Gasteiger partial charge is 0.228 e. The van der Waals surface area contributed by atoms with E-state index in [0.717, 1.165) is 17.3 Å². The Balaban J connectivity index is 1.62. The molecule has 3 aromatic heterocycles. The van der Waals surface area contributed by atoms with Crippen LogP contribution in [0.15, 0.2) is 54.9 Å². The van der Waals surface area contributed by atoms with E-state index in [1.807, 2.05) is 18.2 Å². The Morgan fingerprint density at radius 2 is 1.93 bits per heavy atom. The van der Waals surface area contributed by atoms with Gasteiger partial charge in [0.25, 0.3) is 0 Å². The number of aromatic nitrogens is 4. The van der Waals surface area contributed by atoms with E-state index in [0.29, 0.717) is 41.6 Å². The van der Waals surface area contributed by atoms with Crippen LogP contribution < -0.4 is 9.64 Å². The number of halogens is 1. The van der Waals surface area contributed by atoms with Gasteiger partial charge in [0.15, 0.2) is 5.82 Å². The van der Waals surface area contributed by atoms with E-state index in [1.165, 1.54) is 13.2 Å². The number of rotatable bonds is 4. The van der Waals surface area contributed by atoms with Crippen LogP contribution in [-0.2, 0) is 4.79 Å². The van der Waals surface area contributed by atoms with Gasteiger partial charge in [-0.05, 0) is 36.8 Å². The van der Waals surface area contributed by atoms with Gasteiger partial charge in [-0.1, -0.05) is 12.1 Å². The molecule has 30 heavy (non-hydrogen) atoms. The van der Waals surface area contributed by atoms with Crippen LogP contribution in [0, 0.1) is 5.82 Å². The Kier molecular flexibility index (Phi) is 4.39. The summed E-state index contributed by atoms with van der Waals surface area (Å²) in [5, 5.41) is 5.23. The molecule has 4 heterocycles. The van der Waals surface area contributed by atoms with Crippen molar-refractivity contribution in [2.24, 2.45) is 0 Å². The van der Waals surface area contributed by atoms with Crippen molar-refractivity contribution in [3.05, 3.63) is 60.7 Å². The fourth-order valence-corrected chi connectivity index (χ4v) is 3.73. The Labute approximate surface area is 171 Å². The van der Waals surface area contributed by atoms with Gasteiger partial charge < -0.3 is 4.74 Å². The van der Waals surface area contributed by atoms with Gasteiger partial charge in [0.1, 0.15) is 17.4 Å². The van der Waals surface area contributed by atoms with Crippen molar-refractivity contribution >= 4 is 22.6 Å². The second kappa shape index (κ2) is 7.22. The summed E-state index contributed by atoms with van der Waals surface area (Å²) in [6.45, 7) is 0.663. The average Bonchev–Trinajstić information content (AvgIpc) is 3.39. The highest BCUT2D eigenvalue weighted by atomic mass is 19.1. The van der Waals surface area contributed by atoms with Crippen LogP contribution in [0.4, 0.5) is 10.2 Å². The lowest BCUT2D eigenvalue weighted by Crippen LogP contribution is -2.25. The van der Waals surface area contributed by atoms with Crippen LogP contribution in [0.3, 0.4) is 0 Å². The van der Waals surface area contributed by atoms with E-state index < -0.39 is 5.82 Å². The van der Waals surface area contributed by atoms with Crippen LogP contribution in [0.25, 0.3) is 28.0 Å². The lowest BCUT2D eigenvalue weighted by Gasteiger charge is -2.15. The number of pyridine rings is 2. The second-order valence-electron chi connectivity index (χ2n) is 7.00. The number of ether oxygens (including phenoxy) is 1. The first-order valence-electron chi connectivity index (χ1n) is 9.60. The normalized spacial score (nSPS) is 13.9. The molecule has 0 aliphatic carbocycles. The van der Waals surface area contributed by atoms with Gasteiger partial charge in [0, 0.05) is 24.5 Å². The summed E-state index contributed by atoms with van der Waals surface area (Å²) in [4.78, 5) is 22.8. The minimum absolute atomic E-state index is 0.0723. The van der Waals surface area contributed by atoms with E-state index in [-0.39, 0.29) is 5.91 Å². The Morgan fingerprint density at radius 3 is 2.73 bits per heavy atom. The standard InChI is InChI=1S/C22H18FN5O2/c1-30-18-6-2-5-15(23)22(18)16-11-17-14(12-24-16)13-25-28(17)20-8-3-7-19(26-20)27-10-4-9-21(27)29/h2-3,5-8,11-13H,4,9-10H2,1H3. The molecule has 0 unspecified atom stereocenters. The molecule has 0 spiro atoms. The van der Waals surface area contributed by atoms with Crippen molar-refractivity contribution in [2.45, 2.75) is 12.8 Å². The third-order valence-electron chi connectivity index (χ3n) is 5.19. The molecule has 0 radical (unpaired) electrons. The van der Waals surface area contributed by atoms with Gasteiger partial charge in [0.05, 0.1) is 30.1 Å². The average molecular weight is 403 g/mol. The minimum atomic E-state index is -0.417. The molecule has 4 aromatic rings. The first-order chi connectivity index (χ1) is 14.7. The van der Waals surface area contributed by atoms with Crippen LogP contribution in [0.2, 0.25) is 0 Å². The summed E-state index contributed by atoms with van der Waals surface area (Å²) in [7, 11) is 1.50. The summed E-state index contributed by atoms with van der Waals surface area (Å²) in [5.41, 5.74) is 1.45. The molecule has 0 bridgehead atoms. The lowest BCUT2D eigenvalue weighted by molar-refractivity contribution is -0.117. The maximum atomic E-state index is 14.5. The number of amides is 1. The third-order valence-corrected chi connectivity index (χ3v) is 5.19. The van der Waals surface area contributed by atoms with E-state index in [9.17, 15) is 9.18 Å². The van der Waals surface area contributed by atoms with Crippen molar-refractivity contribution < 1.29 is 13.9 Å². The molecule has 1 aliphatic rings. The topological polar surface area (TPSA) is 73.1 Å². The van der Waals surface area contributed by atoms with Crippen molar-refractivity contribution in [1.29, 1.82) is 0 Å². The molecule has 5 rings (SSSR count). The zero-order valence-corrected chi connectivity index (χ0v) is 16.2. The molecular weight excluding hydrogens is 385 g/mol. The summed E-state index contributed by atoms with van der Waals surface area (Å²) in [6, 6.07) is 11.9. The Hall–Kier alpha value is -3.81. The minimum Gasteiger partial charge on any atom is -0.496 e. The molecule has 7 nitrogen and oxygen atoms in total. The Morgan fingerprint density at radius 1 is 1.10 bits per heavy atom. The molecular formula is C22H18FN5O2. The van der Waals surface area contributed by atoms with E-state index >= 15 is 0 Å². The molecule has 1 saturated heterocycles. The van der Waals surface area contributed by atoms with Crippen molar-refractivity contribution in [2.75, 3.05) is 18.6 Å². The molecule has 150 valence electrons. The predicted molar refractivity (Wildman–Crippen MR) is 110 cm³/mol. The number of carbonyl (C=O) groups excluding carboxylic acids is 1. The summed E-state index contributed by atoms with van der Waals surface area (Å²) in [6.07, 6.45) is 4.69. The molecule has 0 N–H and O–H groups in total. The molecule has 1 aromatic carbocycles. The maximum Gasteiger partial charge on any atom is 0.228 e. The molecule has 1 fully saturated rings. The predicted octanol–water partition coefficient (Wildman–Crippen LogP) is 3.76. The molecule has 0 atom stereocenters. The molecule has 0 saturated carbocycles. The third kappa shape index (κ3) is 2.97. The van der Waals surface area contributed by atoms with Gasteiger partial charge >= 0.3 is 0 Å². The largest absolute Gasteiger partial charge is 0.496 e. The van der Waals surface area contributed by atoms with Crippen molar-refractivity contribution in [3.8, 4) is 22.8 Å². The number of hydrogen-bond acceptors (Lipinski definition) is 5. The number of hydrogen-bond donors (Lipinski definition) is 0. The molecule has 1 aliphatic heterocycles. The van der Waals surface area contributed by atoms with Gasteiger partial charge in [-0.2, -0.15) is 5.10 Å². The SMILES string of the molecule is COc1cccc(F)c1-c1cc2c(cn1)cnn2-c1cccc(N2CCCC2=O)n1. The fourth-order valence-electron chi connectivity index (χ4n) is 3.73. The Bertz CT molecular complexity index is 1270. The first-order valence-corrected chi connectivity index (χ1v) is 9.60. The maximum absolute atomic E-state index is 14.5. The lowest BCUT2D eigenvalue weighted by atomic mass is 10.1. The number of nitrogens with zero attached hydrogens (tertiary/aromatic N) is 5. The van der Waals surface area contributed by atoms with Crippen LogP contribution >= 0.6 is 0 Å². The van der Waals surface area contributed by atoms with E-state index in [2.05, 4.69) is 15.1 Å². The van der Waals surface area contributed by atoms with Crippen LogP contribution in [-0.4, -0.2) is 39.3 Å². The van der Waals surface area contributed by atoms with Crippen molar-refractivity contribution in [3.63, 3.8) is 0 Å². The van der Waals surface area contributed by atoms with Crippen LogP contribution in [0.1, 0.15) is 12.8 Å². The monoisotopic (exact) mass is 403 g/mol. The number of anilines is 1. The van der Waals surface area contributed by atoms with Gasteiger partial charge in [-0.3, -0.25) is 14.7 Å². The van der Waals surface area contributed by atoms with Gasteiger partial charge in [-0.25, -0.2) is 14.1 Å². The highest BCUT2D eigenvalue weighted by Gasteiger charge is 2.23. The zero-order chi connectivity index (χ0) is 20.7. The van der Waals surface area contributed by atoms with Gasteiger partial charge in [-0.15, -0.1) is 0 Å². The van der Waals surface area contributed by atoms with Gasteiger partial charge in [0.2, 0.25) is 5.91 Å². The first kappa shape index (κ1) is 18.2.